The van der Waals surface area contributed by atoms with Crippen LogP contribution in [0.1, 0.15) is 61.2 Å². The molecule has 2 aromatic carbocycles. The summed E-state index contributed by atoms with van der Waals surface area (Å²) < 4.78 is 5.78. The molecule has 0 saturated heterocycles. The molecule has 0 spiro atoms. The third-order valence-electron chi connectivity index (χ3n) is 5.68. The average molecular weight is 431 g/mol. The highest BCUT2D eigenvalue weighted by molar-refractivity contribution is 6.30. The molecule has 0 unspecified atom stereocenters. The lowest BCUT2D eigenvalue weighted by Gasteiger charge is -2.25. The van der Waals surface area contributed by atoms with Crippen LogP contribution in [0.4, 0.5) is 0 Å². The number of ketones is 1. The molecule has 0 fully saturated rings. The number of hydrogen-bond acceptors (Lipinski definition) is 3. The van der Waals surface area contributed by atoms with E-state index in [1.807, 2.05) is 32.9 Å². The molecule has 0 aliphatic carbocycles. The number of rotatable bonds is 9. The van der Waals surface area contributed by atoms with Gasteiger partial charge in [0.1, 0.15) is 5.75 Å². The lowest BCUT2D eigenvalue weighted by atomic mass is 9.84. The Morgan fingerprint density at radius 3 is 2.10 bits per heavy atom. The van der Waals surface area contributed by atoms with Gasteiger partial charge in [0.15, 0.2) is 11.4 Å². The number of aryl methyl sites for hydroxylation is 3. The molecule has 5 heteroatoms. The Balaban J connectivity index is 2.05. The molecule has 4 nitrogen and oxygen atoms in total. The average Bonchev–Trinajstić information content (AvgIpc) is 2.68. The summed E-state index contributed by atoms with van der Waals surface area (Å²) in [7, 11) is 0. The van der Waals surface area contributed by atoms with E-state index in [-0.39, 0.29) is 17.6 Å². The van der Waals surface area contributed by atoms with Crippen molar-refractivity contribution in [1.29, 1.82) is 0 Å². The second kappa shape index (κ2) is 9.65. The second-order valence-electron chi connectivity index (χ2n) is 8.65. The van der Waals surface area contributed by atoms with Crippen LogP contribution >= 0.6 is 11.6 Å². The molecule has 0 aliphatic rings. The van der Waals surface area contributed by atoms with Crippen molar-refractivity contribution in [3.8, 4) is 5.75 Å². The number of carboxylic acid groups (broad SMARTS) is 1. The first kappa shape index (κ1) is 23.9. The first-order valence-corrected chi connectivity index (χ1v) is 10.6. The number of aliphatic carboxylic acids is 1. The first-order valence-electron chi connectivity index (χ1n) is 10.2. The van der Waals surface area contributed by atoms with Crippen LogP contribution in [0.3, 0.4) is 0 Å². The molecule has 162 valence electrons. The van der Waals surface area contributed by atoms with Gasteiger partial charge in [0.05, 0.1) is 0 Å². The summed E-state index contributed by atoms with van der Waals surface area (Å²) in [6.07, 6.45) is 1.71. The molecule has 0 bridgehead atoms. The number of carbonyl (C=O) groups is 2. The van der Waals surface area contributed by atoms with Crippen LogP contribution < -0.4 is 4.74 Å². The van der Waals surface area contributed by atoms with Gasteiger partial charge in [0.25, 0.3) is 0 Å². The summed E-state index contributed by atoms with van der Waals surface area (Å²) in [4.78, 5) is 24.1. The number of Topliss-reactive ketones (excluding diaryl/α,β-unsaturated/α-hetero) is 1. The Kier molecular flexibility index (Phi) is 7.70. The maximum absolute atomic E-state index is 12.7. The molecular formula is C25H31ClO4. The van der Waals surface area contributed by atoms with Gasteiger partial charge in [-0.2, -0.15) is 0 Å². The number of carbonyl (C=O) groups excluding carboxylic acids is 1. The zero-order valence-corrected chi connectivity index (χ0v) is 19.3. The fourth-order valence-electron chi connectivity index (χ4n) is 3.42. The Hall–Kier alpha value is -2.33. The molecule has 0 radical (unpaired) electrons. The van der Waals surface area contributed by atoms with Gasteiger partial charge in [-0.05, 0) is 87.4 Å². The van der Waals surface area contributed by atoms with E-state index in [2.05, 4.69) is 6.92 Å². The molecule has 30 heavy (non-hydrogen) atoms. The van der Waals surface area contributed by atoms with Crippen LogP contribution in [-0.4, -0.2) is 22.5 Å². The Morgan fingerprint density at radius 2 is 1.60 bits per heavy atom. The maximum Gasteiger partial charge on any atom is 0.347 e. The van der Waals surface area contributed by atoms with Gasteiger partial charge in [0, 0.05) is 16.5 Å². The van der Waals surface area contributed by atoms with E-state index < -0.39 is 11.6 Å². The third-order valence-corrected chi connectivity index (χ3v) is 5.93. The zero-order valence-electron chi connectivity index (χ0n) is 18.6. The molecular weight excluding hydrogens is 400 g/mol. The molecule has 2 aromatic rings. The molecule has 0 aromatic heterocycles. The predicted octanol–water partition coefficient (Wildman–Crippen LogP) is 6.29. The Morgan fingerprint density at radius 1 is 1.07 bits per heavy atom. The van der Waals surface area contributed by atoms with Gasteiger partial charge in [-0.1, -0.05) is 37.6 Å². The van der Waals surface area contributed by atoms with Crippen molar-refractivity contribution < 1.29 is 19.4 Å². The van der Waals surface area contributed by atoms with Crippen molar-refractivity contribution in [2.45, 2.75) is 60.0 Å². The minimum absolute atomic E-state index is 0.0904. The molecule has 0 heterocycles. The van der Waals surface area contributed by atoms with Crippen molar-refractivity contribution in [3.05, 3.63) is 63.7 Å². The highest BCUT2D eigenvalue weighted by atomic mass is 35.5. The van der Waals surface area contributed by atoms with Gasteiger partial charge in [-0.25, -0.2) is 4.79 Å². The normalized spacial score (nSPS) is 13.6. The molecule has 0 saturated carbocycles. The van der Waals surface area contributed by atoms with Gasteiger partial charge in [-0.15, -0.1) is 0 Å². The maximum atomic E-state index is 12.7. The van der Waals surface area contributed by atoms with Gasteiger partial charge >= 0.3 is 5.97 Å². The van der Waals surface area contributed by atoms with E-state index >= 15 is 0 Å². The van der Waals surface area contributed by atoms with Gasteiger partial charge in [-0.3, -0.25) is 4.79 Å². The minimum Gasteiger partial charge on any atom is -0.478 e. The summed E-state index contributed by atoms with van der Waals surface area (Å²) in [6.45, 7) is 11.0. The van der Waals surface area contributed by atoms with Crippen molar-refractivity contribution in [3.63, 3.8) is 0 Å². The zero-order chi connectivity index (χ0) is 22.6. The smallest absolute Gasteiger partial charge is 0.347 e. The SMILES string of the molecule is Cc1cc(CC[C@H](C)[C@@H](C)C(=O)c2ccc(Cl)cc2)cc(C)c1OC(C)(C)C(=O)O. The highest BCUT2D eigenvalue weighted by Gasteiger charge is 2.30. The van der Waals surface area contributed by atoms with Crippen LogP contribution in [0, 0.1) is 25.7 Å². The molecule has 2 rings (SSSR count). The number of ether oxygens (including phenoxy) is 1. The van der Waals surface area contributed by atoms with E-state index in [1.165, 1.54) is 0 Å². The molecule has 1 N–H and O–H groups in total. The second-order valence-corrected chi connectivity index (χ2v) is 9.09. The van der Waals surface area contributed by atoms with Crippen LogP contribution in [0.2, 0.25) is 5.02 Å². The van der Waals surface area contributed by atoms with Crippen molar-refractivity contribution in [2.75, 3.05) is 0 Å². The fraction of sp³-hybridized carbons (Fsp3) is 0.440. The highest BCUT2D eigenvalue weighted by Crippen LogP contribution is 2.30. The monoisotopic (exact) mass is 430 g/mol. The van der Waals surface area contributed by atoms with E-state index in [4.69, 9.17) is 16.3 Å². The van der Waals surface area contributed by atoms with Crippen molar-refractivity contribution in [2.24, 2.45) is 11.8 Å². The van der Waals surface area contributed by atoms with Crippen LogP contribution in [0.25, 0.3) is 0 Å². The summed E-state index contributed by atoms with van der Waals surface area (Å²) in [5, 5.41) is 9.94. The third kappa shape index (κ3) is 5.85. The Bertz CT molecular complexity index is 892. The minimum atomic E-state index is -1.29. The Labute approximate surface area is 184 Å². The van der Waals surface area contributed by atoms with E-state index in [0.29, 0.717) is 16.3 Å². The summed E-state index contributed by atoms with van der Waals surface area (Å²) >= 11 is 5.91. The first-order chi connectivity index (χ1) is 13.9. The summed E-state index contributed by atoms with van der Waals surface area (Å²) in [6, 6.07) is 11.1. The molecule has 0 amide bonds. The number of hydrogen-bond donors (Lipinski definition) is 1. The lowest BCUT2D eigenvalue weighted by Crippen LogP contribution is -2.38. The fourth-order valence-corrected chi connectivity index (χ4v) is 3.55. The number of benzene rings is 2. The van der Waals surface area contributed by atoms with Crippen molar-refractivity contribution >= 4 is 23.4 Å². The summed E-state index contributed by atoms with van der Waals surface area (Å²) in [5.74, 6) is -0.127. The van der Waals surface area contributed by atoms with Gasteiger partial charge < -0.3 is 9.84 Å². The largest absolute Gasteiger partial charge is 0.478 e. The molecule has 0 aliphatic heterocycles. The van der Waals surface area contributed by atoms with E-state index in [1.54, 1.807) is 38.1 Å². The quantitative estimate of drug-likeness (QED) is 0.475. The van der Waals surface area contributed by atoms with Crippen LogP contribution in [-0.2, 0) is 11.2 Å². The lowest BCUT2D eigenvalue weighted by molar-refractivity contribution is -0.152. The standard InChI is InChI=1S/C25H31ClO4/c1-15(18(4)22(27)20-9-11-21(26)12-10-20)7-8-19-13-16(2)23(17(3)14-19)30-25(5,6)24(28)29/h9-15,18H,7-8H2,1-6H3,(H,28,29)/t15-,18+/m0/s1. The predicted molar refractivity (Wildman–Crippen MR) is 121 cm³/mol. The topological polar surface area (TPSA) is 63.6 Å². The summed E-state index contributed by atoms with van der Waals surface area (Å²) in [5.41, 5.74) is 2.38. The van der Waals surface area contributed by atoms with Crippen LogP contribution in [0.15, 0.2) is 36.4 Å². The van der Waals surface area contributed by atoms with Crippen LogP contribution in [0.5, 0.6) is 5.75 Å². The van der Waals surface area contributed by atoms with E-state index in [9.17, 15) is 14.7 Å². The van der Waals surface area contributed by atoms with Crippen molar-refractivity contribution in [1.82, 2.24) is 0 Å². The van der Waals surface area contributed by atoms with E-state index in [0.717, 1.165) is 29.5 Å². The molecule has 2 atom stereocenters. The van der Waals surface area contributed by atoms with Gasteiger partial charge in [0.2, 0.25) is 0 Å². The number of carboxylic acids is 1. The number of halogens is 1.